The molecule has 6 heteroatoms. The number of hydrogen-bond acceptors (Lipinski definition) is 4. The van der Waals surface area contributed by atoms with Crippen LogP contribution in [0.25, 0.3) is 22.2 Å². The minimum atomic E-state index is -3.86. The molecular formula is C21H17NO4S. The van der Waals surface area contributed by atoms with Gasteiger partial charge in [-0.05, 0) is 29.8 Å². The third-order valence-electron chi connectivity index (χ3n) is 4.80. The highest BCUT2D eigenvalue weighted by Crippen LogP contribution is 2.42. The van der Waals surface area contributed by atoms with Crippen LogP contribution in [-0.2, 0) is 10.0 Å². The SMILES string of the molecule is CCN1C(c2c(C=O)ccc3ccccc23)=C(O)c2ccccc2S1(=O)=O. The van der Waals surface area contributed by atoms with Gasteiger partial charge in [-0.1, -0.05) is 48.5 Å². The van der Waals surface area contributed by atoms with E-state index < -0.39 is 10.0 Å². The first-order valence-electron chi connectivity index (χ1n) is 8.53. The number of carbonyl (C=O) groups is 1. The molecular weight excluding hydrogens is 362 g/mol. The predicted octanol–water partition coefficient (Wildman–Crippen LogP) is 4.06. The summed E-state index contributed by atoms with van der Waals surface area (Å²) in [5, 5.41) is 12.6. The van der Waals surface area contributed by atoms with Crippen molar-refractivity contribution in [3.8, 4) is 0 Å². The molecule has 3 aromatic carbocycles. The monoisotopic (exact) mass is 379 g/mol. The average Bonchev–Trinajstić information content (AvgIpc) is 2.70. The van der Waals surface area contributed by atoms with E-state index >= 15 is 0 Å². The van der Waals surface area contributed by atoms with Crippen LogP contribution in [0.3, 0.4) is 0 Å². The molecule has 0 spiro atoms. The number of carbonyl (C=O) groups excluding carboxylic acids is 1. The molecule has 0 aromatic heterocycles. The Kier molecular flexibility index (Phi) is 4.00. The highest BCUT2D eigenvalue weighted by atomic mass is 32.2. The molecule has 1 N–H and O–H groups in total. The third-order valence-corrected chi connectivity index (χ3v) is 6.73. The maximum Gasteiger partial charge on any atom is 0.265 e. The lowest BCUT2D eigenvalue weighted by Gasteiger charge is -2.32. The second-order valence-corrected chi connectivity index (χ2v) is 8.06. The van der Waals surface area contributed by atoms with E-state index in [-0.39, 0.29) is 28.5 Å². The van der Waals surface area contributed by atoms with Crippen LogP contribution in [0.15, 0.2) is 65.6 Å². The van der Waals surface area contributed by atoms with Crippen LogP contribution >= 0.6 is 0 Å². The van der Waals surface area contributed by atoms with Gasteiger partial charge in [0.05, 0.1) is 4.90 Å². The van der Waals surface area contributed by atoms with Crippen molar-refractivity contribution in [1.29, 1.82) is 0 Å². The Morgan fingerprint density at radius 2 is 1.70 bits per heavy atom. The fourth-order valence-corrected chi connectivity index (χ4v) is 5.28. The third kappa shape index (κ3) is 2.44. The van der Waals surface area contributed by atoms with E-state index in [9.17, 15) is 18.3 Å². The van der Waals surface area contributed by atoms with Crippen LogP contribution in [0.5, 0.6) is 0 Å². The zero-order valence-electron chi connectivity index (χ0n) is 14.6. The van der Waals surface area contributed by atoms with E-state index in [2.05, 4.69) is 0 Å². The number of aliphatic hydroxyl groups is 1. The van der Waals surface area contributed by atoms with Crippen LogP contribution in [0, 0.1) is 0 Å². The first-order valence-corrected chi connectivity index (χ1v) is 9.97. The molecule has 27 heavy (non-hydrogen) atoms. The lowest BCUT2D eigenvalue weighted by Crippen LogP contribution is -2.34. The fourth-order valence-electron chi connectivity index (χ4n) is 3.59. The van der Waals surface area contributed by atoms with Gasteiger partial charge in [0.2, 0.25) is 0 Å². The van der Waals surface area contributed by atoms with Gasteiger partial charge in [0, 0.05) is 23.2 Å². The zero-order chi connectivity index (χ0) is 19.2. The van der Waals surface area contributed by atoms with Gasteiger partial charge >= 0.3 is 0 Å². The molecule has 0 amide bonds. The number of aldehydes is 1. The standard InChI is InChI=1S/C21H17NO4S/c1-2-22-20(21(24)17-9-5-6-10-18(17)27(22,25)26)19-15(13-23)12-11-14-7-3-4-8-16(14)19/h3-13,24H,2H2,1H3. The van der Waals surface area contributed by atoms with Crippen LogP contribution < -0.4 is 0 Å². The van der Waals surface area contributed by atoms with Gasteiger partial charge in [-0.15, -0.1) is 0 Å². The first kappa shape index (κ1) is 17.3. The number of fused-ring (bicyclic) bond motifs is 2. The molecule has 0 radical (unpaired) electrons. The molecule has 0 fully saturated rings. The van der Waals surface area contributed by atoms with Gasteiger partial charge in [-0.25, -0.2) is 8.42 Å². The van der Waals surface area contributed by atoms with Gasteiger partial charge in [-0.2, -0.15) is 0 Å². The summed E-state index contributed by atoms with van der Waals surface area (Å²) in [6.45, 7) is 1.82. The largest absolute Gasteiger partial charge is 0.505 e. The Hall–Kier alpha value is -3.12. The number of sulfonamides is 1. The van der Waals surface area contributed by atoms with E-state index in [4.69, 9.17) is 0 Å². The second-order valence-electron chi connectivity index (χ2n) is 6.23. The number of aliphatic hydroxyl groups excluding tert-OH is 1. The highest BCUT2D eigenvalue weighted by molar-refractivity contribution is 7.89. The van der Waals surface area contributed by atoms with Crippen LogP contribution in [0.4, 0.5) is 0 Å². The summed E-state index contributed by atoms with van der Waals surface area (Å²) in [4.78, 5) is 11.8. The summed E-state index contributed by atoms with van der Waals surface area (Å²) in [5.74, 6) is -0.151. The molecule has 1 aliphatic rings. The Balaban J connectivity index is 2.19. The van der Waals surface area contributed by atoms with E-state index in [1.807, 2.05) is 30.3 Å². The Labute approximate surface area is 157 Å². The first-order chi connectivity index (χ1) is 13.0. The molecule has 136 valence electrons. The second kappa shape index (κ2) is 6.25. The molecule has 0 saturated carbocycles. The summed E-state index contributed by atoms with van der Waals surface area (Å²) in [7, 11) is -3.86. The number of rotatable bonds is 3. The number of hydrogen-bond donors (Lipinski definition) is 1. The summed E-state index contributed by atoms with van der Waals surface area (Å²) in [5.41, 5.74) is 1.11. The van der Waals surface area contributed by atoms with Crippen molar-refractivity contribution in [2.45, 2.75) is 11.8 Å². The molecule has 0 aliphatic carbocycles. The lowest BCUT2D eigenvalue weighted by molar-refractivity contribution is 0.112. The molecule has 0 saturated heterocycles. The molecule has 1 heterocycles. The maximum atomic E-state index is 13.2. The topological polar surface area (TPSA) is 74.7 Å². The molecule has 4 rings (SSSR count). The molecule has 0 unspecified atom stereocenters. The van der Waals surface area contributed by atoms with Gasteiger partial charge in [0.1, 0.15) is 11.5 Å². The summed E-state index contributed by atoms with van der Waals surface area (Å²) >= 11 is 0. The van der Waals surface area contributed by atoms with Crippen LogP contribution in [-0.4, -0.2) is 30.7 Å². The van der Waals surface area contributed by atoms with Gasteiger partial charge in [0.25, 0.3) is 10.0 Å². The van der Waals surface area contributed by atoms with Crippen molar-refractivity contribution < 1.29 is 18.3 Å². The molecule has 0 bridgehead atoms. The minimum absolute atomic E-state index is 0.0565. The van der Waals surface area contributed by atoms with Gasteiger partial charge < -0.3 is 5.11 Å². The number of nitrogens with zero attached hydrogens (tertiary/aromatic N) is 1. The summed E-state index contributed by atoms with van der Waals surface area (Å²) in [6.07, 6.45) is 0.684. The summed E-state index contributed by atoms with van der Waals surface area (Å²) in [6, 6.07) is 17.2. The smallest absolute Gasteiger partial charge is 0.265 e. The van der Waals surface area contributed by atoms with Gasteiger partial charge in [-0.3, -0.25) is 9.10 Å². The Bertz CT molecular complexity index is 1210. The van der Waals surface area contributed by atoms with E-state index in [0.29, 0.717) is 22.8 Å². The van der Waals surface area contributed by atoms with E-state index in [0.717, 1.165) is 5.39 Å². The van der Waals surface area contributed by atoms with Crippen molar-refractivity contribution in [1.82, 2.24) is 4.31 Å². The predicted molar refractivity (Wildman–Crippen MR) is 105 cm³/mol. The van der Waals surface area contributed by atoms with Crippen molar-refractivity contribution >= 4 is 38.5 Å². The van der Waals surface area contributed by atoms with Gasteiger partial charge in [0.15, 0.2) is 6.29 Å². The van der Waals surface area contributed by atoms with Crippen LogP contribution in [0.2, 0.25) is 0 Å². The Morgan fingerprint density at radius 3 is 2.44 bits per heavy atom. The summed E-state index contributed by atoms with van der Waals surface area (Å²) < 4.78 is 27.6. The van der Waals surface area contributed by atoms with Crippen molar-refractivity contribution in [2.24, 2.45) is 0 Å². The van der Waals surface area contributed by atoms with Crippen LogP contribution in [0.1, 0.15) is 28.4 Å². The molecule has 1 aliphatic heterocycles. The average molecular weight is 379 g/mol. The van der Waals surface area contributed by atoms with Crippen molar-refractivity contribution in [2.75, 3.05) is 6.54 Å². The van der Waals surface area contributed by atoms with Crippen molar-refractivity contribution in [3.63, 3.8) is 0 Å². The maximum absolute atomic E-state index is 13.2. The fraction of sp³-hybridized carbons (Fsp3) is 0.0952. The Morgan fingerprint density at radius 1 is 1.00 bits per heavy atom. The number of benzene rings is 3. The lowest BCUT2D eigenvalue weighted by atomic mass is 9.95. The molecule has 3 aromatic rings. The van der Waals surface area contributed by atoms with E-state index in [1.165, 1.54) is 10.4 Å². The van der Waals surface area contributed by atoms with E-state index in [1.54, 1.807) is 31.2 Å². The molecule has 5 nitrogen and oxygen atoms in total. The normalized spacial score (nSPS) is 15.7. The molecule has 0 atom stereocenters. The highest BCUT2D eigenvalue weighted by Gasteiger charge is 2.37. The minimum Gasteiger partial charge on any atom is -0.505 e. The quantitative estimate of drug-likeness (QED) is 0.697. The van der Waals surface area contributed by atoms with Crippen molar-refractivity contribution in [3.05, 3.63) is 77.4 Å². The zero-order valence-corrected chi connectivity index (χ0v) is 15.4.